The van der Waals surface area contributed by atoms with Crippen LogP contribution in [0.5, 0.6) is 5.88 Å². The number of carbonyl (C=O) groups is 1. The van der Waals surface area contributed by atoms with Crippen molar-refractivity contribution in [3.05, 3.63) is 23.7 Å². The molecule has 128 valence electrons. The fourth-order valence-electron chi connectivity index (χ4n) is 3.82. The van der Waals surface area contributed by atoms with Crippen LogP contribution in [0.3, 0.4) is 0 Å². The van der Waals surface area contributed by atoms with Gasteiger partial charge in [0, 0.05) is 17.8 Å². The maximum Gasteiger partial charge on any atom is 0.342 e. The van der Waals surface area contributed by atoms with Crippen LogP contribution in [-0.2, 0) is 10.2 Å². The average molecular weight is 331 g/mol. The number of hydrogen-bond acceptors (Lipinski definition) is 5. The number of imidazole rings is 1. The van der Waals surface area contributed by atoms with E-state index in [1.54, 1.807) is 4.40 Å². The summed E-state index contributed by atoms with van der Waals surface area (Å²) in [7, 11) is 0. The predicted molar refractivity (Wildman–Crippen MR) is 85.6 cm³/mol. The van der Waals surface area contributed by atoms with Crippen molar-refractivity contribution >= 4 is 11.7 Å². The number of ether oxygens (including phenoxy) is 2. The van der Waals surface area contributed by atoms with Crippen molar-refractivity contribution in [2.45, 2.75) is 57.2 Å². The number of hydrogen-bond donors (Lipinski definition) is 1. The zero-order valence-corrected chi connectivity index (χ0v) is 14.1. The Hall–Kier alpha value is -2.15. The molecule has 4 heterocycles. The van der Waals surface area contributed by atoms with Crippen molar-refractivity contribution in [3.63, 3.8) is 0 Å². The molecule has 0 amide bonds. The highest BCUT2D eigenvalue weighted by molar-refractivity contribution is 5.90. The maximum absolute atomic E-state index is 11.5. The molecular weight excluding hydrogens is 310 g/mol. The molecule has 0 aromatic carbocycles. The van der Waals surface area contributed by atoms with Crippen LogP contribution < -0.4 is 4.74 Å². The van der Waals surface area contributed by atoms with Gasteiger partial charge in [0.15, 0.2) is 0 Å². The number of carboxylic acids is 1. The first kappa shape index (κ1) is 15.4. The van der Waals surface area contributed by atoms with Crippen LogP contribution in [0.2, 0.25) is 0 Å². The summed E-state index contributed by atoms with van der Waals surface area (Å²) < 4.78 is 13.2. The minimum Gasteiger partial charge on any atom is -0.477 e. The molecule has 0 radical (unpaired) electrons. The number of rotatable bonds is 5. The van der Waals surface area contributed by atoms with Crippen molar-refractivity contribution < 1.29 is 19.4 Å². The smallest absolute Gasteiger partial charge is 0.342 e. The van der Waals surface area contributed by atoms with Gasteiger partial charge in [-0.05, 0) is 33.1 Å². The molecule has 2 aromatic heterocycles. The summed E-state index contributed by atoms with van der Waals surface area (Å²) in [5, 5.41) is 9.45. The van der Waals surface area contributed by atoms with Crippen molar-refractivity contribution in [2.75, 3.05) is 6.61 Å². The van der Waals surface area contributed by atoms with Gasteiger partial charge >= 0.3 is 5.97 Å². The van der Waals surface area contributed by atoms with E-state index in [0.29, 0.717) is 12.4 Å². The van der Waals surface area contributed by atoms with Crippen LogP contribution in [0, 0.1) is 0 Å². The third-order valence-corrected chi connectivity index (χ3v) is 5.20. The average Bonchev–Trinajstić information content (AvgIpc) is 3.16. The number of nitrogens with zero attached hydrogens (tertiary/aromatic N) is 3. The van der Waals surface area contributed by atoms with Crippen LogP contribution in [-0.4, -0.2) is 43.8 Å². The van der Waals surface area contributed by atoms with E-state index in [1.165, 1.54) is 6.20 Å². The Bertz CT molecular complexity index is 823. The van der Waals surface area contributed by atoms with Gasteiger partial charge in [-0.25, -0.2) is 9.78 Å². The Labute approximate surface area is 139 Å². The van der Waals surface area contributed by atoms with E-state index in [0.717, 1.165) is 25.0 Å². The van der Waals surface area contributed by atoms with Gasteiger partial charge in [0.05, 0.1) is 24.0 Å². The van der Waals surface area contributed by atoms with Crippen molar-refractivity contribution in [2.24, 2.45) is 0 Å². The van der Waals surface area contributed by atoms with Crippen molar-refractivity contribution in [3.8, 4) is 5.88 Å². The fourth-order valence-corrected chi connectivity index (χ4v) is 3.82. The predicted octanol–water partition coefficient (Wildman–Crippen LogP) is 2.43. The van der Waals surface area contributed by atoms with Crippen molar-refractivity contribution in [1.29, 1.82) is 0 Å². The number of aromatic carboxylic acids is 1. The van der Waals surface area contributed by atoms with E-state index in [4.69, 9.17) is 9.47 Å². The molecule has 1 atom stereocenters. The van der Waals surface area contributed by atoms with Gasteiger partial charge in [-0.15, -0.1) is 0 Å². The van der Waals surface area contributed by atoms with E-state index in [2.05, 4.69) is 16.9 Å². The Morgan fingerprint density at radius 3 is 2.79 bits per heavy atom. The van der Waals surface area contributed by atoms with E-state index in [1.807, 2.05) is 20.0 Å². The molecule has 1 N–H and O–H groups in total. The van der Waals surface area contributed by atoms with E-state index in [9.17, 15) is 9.90 Å². The molecule has 0 spiro atoms. The first-order chi connectivity index (χ1) is 11.3. The Morgan fingerprint density at radius 1 is 1.46 bits per heavy atom. The highest BCUT2D eigenvalue weighted by atomic mass is 16.5. The number of fused-ring (bicyclic) bond motifs is 2. The second kappa shape index (κ2) is 4.92. The summed E-state index contributed by atoms with van der Waals surface area (Å²) >= 11 is 0. The first-order valence-electron chi connectivity index (χ1n) is 8.28. The SMILES string of the molecule is CCC(C)Oc1nc2nc(C34COC(C)(C3)C4)cn2cc1C(=O)O. The van der Waals surface area contributed by atoms with Gasteiger partial charge in [-0.3, -0.25) is 4.40 Å². The van der Waals surface area contributed by atoms with Crippen LogP contribution in [0.25, 0.3) is 5.78 Å². The minimum absolute atomic E-state index is 0.0275. The lowest BCUT2D eigenvalue weighted by molar-refractivity contribution is 0.0154. The van der Waals surface area contributed by atoms with Crippen LogP contribution in [0.1, 0.15) is 56.1 Å². The number of aromatic nitrogens is 3. The quantitative estimate of drug-likeness (QED) is 0.905. The van der Waals surface area contributed by atoms with E-state index < -0.39 is 5.97 Å². The monoisotopic (exact) mass is 331 g/mol. The molecule has 3 fully saturated rings. The standard InChI is InChI=1S/C17H21N3O4/c1-4-10(2)24-13-11(14(21)22)5-20-6-12(18-15(20)19-13)17-7-16(3,8-17)23-9-17/h5-6,10H,4,7-9H2,1-3H3,(H,21,22). The van der Waals surface area contributed by atoms with Crippen LogP contribution >= 0.6 is 0 Å². The molecule has 2 bridgehead atoms. The highest BCUT2D eigenvalue weighted by Gasteiger charge is 2.61. The fraction of sp³-hybridized carbons (Fsp3) is 0.588. The van der Waals surface area contributed by atoms with Gasteiger partial charge in [-0.2, -0.15) is 4.98 Å². The van der Waals surface area contributed by atoms with Crippen LogP contribution in [0.4, 0.5) is 0 Å². The molecule has 1 aliphatic carbocycles. The minimum atomic E-state index is -1.06. The van der Waals surface area contributed by atoms with Gasteiger partial charge in [0.1, 0.15) is 5.56 Å². The molecule has 5 rings (SSSR count). The summed E-state index contributed by atoms with van der Waals surface area (Å²) in [5.41, 5.74) is 0.886. The summed E-state index contributed by atoms with van der Waals surface area (Å²) in [5.74, 6) is -0.472. The molecule has 3 aliphatic rings. The zero-order valence-electron chi connectivity index (χ0n) is 14.1. The van der Waals surface area contributed by atoms with Gasteiger partial charge in [-0.1, -0.05) is 6.92 Å². The van der Waals surface area contributed by atoms with E-state index >= 15 is 0 Å². The first-order valence-corrected chi connectivity index (χ1v) is 8.28. The highest BCUT2D eigenvalue weighted by Crippen LogP contribution is 2.58. The Kier molecular flexibility index (Phi) is 3.16. The van der Waals surface area contributed by atoms with Crippen molar-refractivity contribution in [1.82, 2.24) is 14.4 Å². The Morgan fingerprint density at radius 2 is 2.21 bits per heavy atom. The lowest BCUT2D eigenvalue weighted by atomic mass is 9.62. The molecule has 2 saturated heterocycles. The molecular formula is C17H21N3O4. The lowest BCUT2D eigenvalue weighted by Crippen LogP contribution is -2.45. The second-order valence-electron chi connectivity index (χ2n) is 7.31. The van der Waals surface area contributed by atoms with E-state index in [-0.39, 0.29) is 28.6 Å². The van der Waals surface area contributed by atoms with Gasteiger partial charge < -0.3 is 14.6 Å². The van der Waals surface area contributed by atoms with Gasteiger partial charge in [0.2, 0.25) is 11.7 Å². The largest absolute Gasteiger partial charge is 0.477 e. The summed E-state index contributed by atoms with van der Waals surface area (Å²) in [4.78, 5) is 20.5. The summed E-state index contributed by atoms with van der Waals surface area (Å²) in [6.45, 7) is 6.64. The normalized spacial score (nSPS) is 29.5. The van der Waals surface area contributed by atoms with Gasteiger partial charge in [0.25, 0.3) is 0 Å². The molecule has 1 unspecified atom stereocenters. The summed E-state index contributed by atoms with van der Waals surface area (Å²) in [6.07, 6.45) is 5.96. The van der Waals surface area contributed by atoms with Crippen LogP contribution in [0.15, 0.2) is 12.4 Å². The third-order valence-electron chi connectivity index (χ3n) is 5.20. The topological polar surface area (TPSA) is 86.0 Å². The third kappa shape index (κ3) is 2.18. The molecule has 7 nitrogen and oxygen atoms in total. The second-order valence-corrected chi connectivity index (χ2v) is 7.31. The molecule has 1 saturated carbocycles. The molecule has 7 heteroatoms. The molecule has 2 aliphatic heterocycles. The summed E-state index contributed by atoms with van der Waals surface area (Å²) in [6, 6.07) is 0. The zero-order chi connectivity index (χ0) is 17.1. The Balaban J connectivity index is 1.75. The lowest BCUT2D eigenvalue weighted by Gasteiger charge is -2.41. The molecule has 24 heavy (non-hydrogen) atoms. The molecule has 2 aromatic rings. The number of carboxylic acid groups (broad SMARTS) is 1. The maximum atomic E-state index is 11.5.